The molecule has 3 atom stereocenters. The van der Waals surface area contributed by atoms with Gasteiger partial charge in [-0.3, -0.25) is 19.2 Å². The van der Waals surface area contributed by atoms with Crippen LogP contribution in [0.2, 0.25) is 0 Å². The Balaban J connectivity index is 1.65. The molecule has 9 heteroatoms. The molecule has 3 rings (SSSR count). The Morgan fingerprint density at radius 1 is 1.16 bits per heavy atom. The van der Waals surface area contributed by atoms with Gasteiger partial charge < -0.3 is 20.9 Å². The molecule has 4 amide bonds. The number of amides is 4. The Hall–Kier alpha value is -2.97. The lowest BCUT2D eigenvalue weighted by Gasteiger charge is -2.35. The molecule has 174 valence electrons. The van der Waals surface area contributed by atoms with E-state index in [-0.39, 0.29) is 48.4 Å². The molecule has 2 aliphatic heterocycles. The zero-order valence-electron chi connectivity index (χ0n) is 18.6. The molecule has 2 saturated heterocycles. The van der Waals surface area contributed by atoms with E-state index in [2.05, 4.69) is 5.32 Å². The van der Waals surface area contributed by atoms with Crippen LogP contribution in [0.25, 0.3) is 0 Å². The number of nitrogens with zero attached hydrogens (tertiary/aromatic N) is 2. The Morgan fingerprint density at radius 2 is 1.78 bits per heavy atom. The molecule has 2 aliphatic rings. The fourth-order valence-electron chi connectivity index (χ4n) is 4.29. The molecule has 0 aliphatic carbocycles. The average Bonchev–Trinajstić information content (AvgIpc) is 3.18. The molecule has 1 aromatic carbocycles. The van der Waals surface area contributed by atoms with Crippen LogP contribution in [-0.4, -0.2) is 54.2 Å². The highest BCUT2D eigenvalue weighted by molar-refractivity contribution is 6.01. The minimum absolute atomic E-state index is 0.0363. The highest BCUT2D eigenvalue weighted by atomic mass is 19.1. The first-order chi connectivity index (χ1) is 15.2. The number of piperidine rings is 1. The van der Waals surface area contributed by atoms with Crippen molar-refractivity contribution in [3.8, 4) is 0 Å². The second-order valence-electron chi connectivity index (χ2n) is 8.76. The predicted molar refractivity (Wildman–Crippen MR) is 117 cm³/mol. The van der Waals surface area contributed by atoms with Crippen LogP contribution >= 0.6 is 0 Å². The van der Waals surface area contributed by atoms with Gasteiger partial charge in [0.05, 0.1) is 5.92 Å². The van der Waals surface area contributed by atoms with Gasteiger partial charge in [0.15, 0.2) is 0 Å². The van der Waals surface area contributed by atoms with E-state index in [0.717, 1.165) is 0 Å². The molecule has 2 unspecified atom stereocenters. The maximum Gasteiger partial charge on any atom is 0.245 e. The fraction of sp³-hybridized carbons (Fsp3) is 0.565. The van der Waals surface area contributed by atoms with Gasteiger partial charge in [-0.2, -0.15) is 0 Å². The SMILES string of the molecule is CCC(C)[C@H](NC(=O)C1CC(=O)N(c2ccc(F)cc2)C1)C(=O)N1CCC(C(N)=O)CC1. The van der Waals surface area contributed by atoms with Crippen molar-refractivity contribution in [1.82, 2.24) is 10.2 Å². The van der Waals surface area contributed by atoms with Crippen molar-refractivity contribution in [2.75, 3.05) is 24.5 Å². The predicted octanol–water partition coefficient (Wildman–Crippen LogP) is 1.43. The molecule has 0 bridgehead atoms. The Bertz CT molecular complexity index is 867. The van der Waals surface area contributed by atoms with E-state index in [1.165, 1.54) is 29.2 Å². The molecule has 3 N–H and O–H groups in total. The fourth-order valence-corrected chi connectivity index (χ4v) is 4.29. The number of hydrogen-bond acceptors (Lipinski definition) is 4. The molecule has 2 fully saturated rings. The number of likely N-dealkylation sites (tertiary alicyclic amines) is 1. The Labute approximate surface area is 187 Å². The van der Waals surface area contributed by atoms with E-state index in [0.29, 0.717) is 38.0 Å². The Morgan fingerprint density at radius 3 is 2.34 bits per heavy atom. The van der Waals surface area contributed by atoms with Crippen molar-refractivity contribution >= 4 is 29.3 Å². The summed E-state index contributed by atoms with van der Waals surface area (Å²) in [5.41, 5.74) is 5.92. The quantitative estimate of drug-likeness (QED) is 0.660. The number of nitrogens with one attached hydrogen (secondary N) is 1. The molecule has 32 heavy (non-hydrogen) atoms. The summed E-state index contributed by atoms with van der Waals surface area (Å²) < 4.78 is 13.2. The van der Waals surface area contributed by atoms with E-state index in [1.807, 2.05) is 13.8 Å². The van der Waals surface area contributed by atoms with Gasteiger partial charge in [0.25, 0.3) is 0 Å². The van der Waals surface area contributed by atoms with Gasteiger partial charge in [-0.25, -0.2) is 4.39 Å². The normalized spacial score (nSPS) is 21.3. The zero-order valence-corrected chi connectivity index (χ0v) is 18.6. The van der Waals surface area contributed by atoms with Crippen molar-refractivity contribution in [3.05, 3.63) is 30.1 Å². The summed E-state index contributed by atoms with van der Waals surface area (Å²) in [5, 5.41) is 2.88. The average molecular weight is 447 g/mol. The number of hydrogen-bond donors (Lipinski definition) is 2. The summed E-state index contributed by atoms with van der Waals surface area (Å²) in [7, 11) is 0. The zero-order chi connectivity index (χ0) is 23.4. The van der Waals surface area contributed by atoms with Crippen LogP contribution in [0.5, 0.6) is 0 Å². The largest absolute Gasteiger partial charge is 0.369 e. The maximum absolute atomic E-state index is 13.2. The third-order valence-electron chi connectivity index (χ3n) is 6.62. The highest BCUT2D eigenvalue weighted by Gasteiger charge is 2.39. The van der Waals surface area contributed by atoms with Crippen molar-refractivity contribution in [2.24, 2.45) is 23.5 Å². The van der Waals surface area contributed by atoms with E-state index < -0.39 is 17.8 Å². The number of nitrogens with two attached hydrogens (primary N) is 1. The van der Waals surface area contributed by atoms with Crippen molar-refractivity contribution in [1.29, 1.82) is 0 Å². The van der Waals surface area contributed by atoms with Crippen LogP contribution < -0.4 is 16.0 Å². The van der Waals surface area contributed by atoms with Gasteiger partial charge in [0.1, 0.15) is 11.9 Å². The van der Waals surface area contributed by atoms with Gasteiger partial charge in [0, 0.05) is 37.7 Å². The maximum atomic E-state index is 13.2. The summed E-state index contributed by atoms with van der Waals surface area (Å²) in [5.74, 6) is -2.37. The highest BCUT2D eigenvalue weighted by Crippen LogP contribution is 2.26. The first-order valence-corrected chi connectivity index (χ1v) is 11.2. The number of halogens is 1. The van der Waals surface area contributed by atoms with E-state index in [9.17, 15) is 23.6 Å². The molecular formula is C23H31FN4O4. The van der Waals surface area contributed by atoms with Crippen molar-refractivity contribution in [2.45, 2.75) is 45.6 Å². The number of anilines is 1. The van der Waals surface area contributed by atoms with Gasteiger partial charge in [-0.1, -0.05) is 20.3 Å². The van der Waals surface area contributed by atoms with Gasteiger partial charge in [-0.05, 0) is 43.0 Å². The minimum Gasteiger partial charge on any atom is -0.369 e. The van der Waals surface area contributed by atoms with Gasteiger partial charge in [0.2, 0.25) is 23.6 Å². The smallest absolute Gasteiger partial charge is 0.245 e. The number of primary amides is 1. The molecule has 0 aromatic heterocycles. The summed E-state index contributed by atoms with van der Waals surface area (Å²) in [6.45, 7) is 4.89. The molecular weight excluding hydrogens is 415 g/mol. The number of carbonyl (C=O) groups is 4. The molecule has 0 saturated carbocycles. The van der Waals surface area contributed by atoms with Gasteiger partial charge in [-0.15, -0.1) is 0 Å². The molecule has 2 heterocycles. The Kier molecular flexibility index (Phi) is 7.48. The molecule has 0 spiro atoms. The molecule has 8 nitrogen and oxygen atoms in total. The van der Waals surface area contributed by atoms with Crippen LogP contribution in [0.4, 0.5) is 10.1 Å². The van der Waals surface area contributed by atoms with Crippen molar-refractivity contribution < 1.29 is 23.6 Å². The second-order valence-corrected chi connectivity index (χ2v) is 8.76. The second kappa shape index (κ2) is 10.1. The van der Waals surface area contributed by atoms with E-state index >= 15 is 0 Å². The lowest BCUT2D eigenvalue weighted by molar-refractivity contribution is -0.141. The van der Waals surface area contributed by atoms with Crippen molar-refractivity contribution in [3.63, 3.8) is 0 Å². The third kappa shape index (κ3) is 5.26. The lowest BCUT2D eigenvalue weighted by Crippen LogP contribution is -2.55. The lowest BCUT2D eigenvalue weighted by atomic mass is 9.93. The molecule has 0 radical (unpaired) electrons. The number of benzene rings is 1. The number of carbonyl (C=O) groups excluding carboxylic acids is 4. The van der Waals surface area contributed by atoms with Crippen LogP contribution in [0.3, 0.4) is 0 Å². The summed E-state index contributed by atoms with van der Waals surface area (Å²) in [6.07, 6.45) is 1.77. The van der Waals surface area contributed by atoms with Crippen LogP contribution in [0.15, 0.2) is 24.3 Å². The monoisotopic (exact) mass is 446 g/mol. The third-order valence-corrected chi connectivity index (χ3v) is 6.62. The van der Waals surface area contributed by atoms with Crippen LogP contribution in [0, 0.1) is 23.6 Å². The summed E-state index contributed by atoms with van der Waals surface area (Å²) in [4.78, 5) is 53.2. The van der Waals surface area contributed by atoms with E-state index in [4.69, 9.17) is 5.73 Å². The van der Waals surface area contributed by atoms with E-state index in [1.54, 1.807) is 4.90 Å². The summed E-state index contributed by atoms with van der Waals surface area (Å²) in [6, 6.07) is 4.86. The van der Waals surface area contributed by atoms with Gasteiger partial charge >= 0.3 is 0 Å². The minimum atomic E-state index is -0.701. The topological polar surface area (TPSA) is 113 Å². The first-order valence-electron chi connectivity index (χ1n) is 11.2. The van der Waals surface area contributed by atoms with Crippen LogP contribution in [-0.2, 0) is 19.2 Å². The summed E-state index contributed by atoms with van der Waals surface area (Å²) >= 11 is 0. The molecule has 1 aromatic rings. The standard InChI is InChI=1S/C23H31FN4O4/c1-3-14(2)20(23(32)27-10-8-15(9-11-27)21(25)30)26-22(31)16-12-19(29)28(13-16)18-6-4-17(24)5-7-18/h4-7,14-16,20H,3,8-13H2,1-2H3,(H2,25,30)(H,26,31)/t14?,16?,20-/m0/s1. The van der Waals surface area contributed by atoms with Crippen LogP contribution in [0.1, 0.15) is 39.5 Å². The number of rotatable bonds is 7. The first kappa shape index (κ1) is 23.7.